The molecule has 0 radical (unpaired) electrons. The predicted octanol–water partition coefficient (Wildman–Crippen LogP) is 2.23. The summed E-state index contributed by atoms with van der Waals surface area (Å²) >= 11 is 37.4. The fourth-order valence-electron chi connectivity index (χ4n) is 2.93. The zero-order chi connectivity index (χ0) is 14.4. The number of allylic oxidation sites excluding steroid dienone is 2. The monoisotopic (exact) mass is 382 g/mol. The fourth-order valence-corrected chi connectivity index (χ4v) is 5.87. The lowest BCUT2D eigenvalue weighted by Gasteiger charge is -2.37. The van der Waals surface area contributed by atoms with E-state index in [-0.39, 0.29) is 10.1 Å². The number of hydrogen-bond donors (Lipinski definition) is 2. The molecule has 0 spiro atoms. The Bertz CT molecular complexity index is 517. The lowest BCUT2D eigenvalue weighted by atomic mass is 9.80. The first-order chi connectivity index (χ1) is 8.61. The molecule has 2 N–H and O–H groups in total. The quantitative estimate of drug-likeness (QED) is 0.629. The molecule has 1 saturated carbocycles. The van der Waals surface area contributed by atoms with Crippen LogP contribution in [0.2, 0.25) is 0 Å². The van der Waals surface area contributed by atoms with Gasteiger partial charge < -0.3 is 0 Å². The van der Waals surface area contributed by atoms with Gasteiger partial charge in [0.05, 0.1) is 21.9 Å². The highest BCUT2D eigenvalue weighted by atomic mass is 35.5. The maximum absolute atomic E-state index is 12.0. The summed E-state index contributed by atoms with van der Waals surface area (Å²) < 4.78 is -1.90. The van der Waals surface area contributed by atoms with Gasteiger partial charge in [0.15, 0.2) is 4.33 Å². The third kappa shape index (κ3) is 1.23. The van der Waals surface area contributed by atoms with Gasteiger partial charge in [-0.1, -0.05) is 46.4 Å². The van der Waals surface area contributed by atoms with E-state index in [0.29, 0.717) is 0 Å². The van der Waals surface area contributed by atoms with Gasteiger partial charge in [-0.2, -0.15) is 0 Å². The van der Waals surface area contributed by atoms with Crippen molar-refractivity contribution in [3.63, 3.8) is 0 Å². The van der Waals surface area contributed by atoms with Crippen LogP contribution >= 0.6 is 69.6 Å². The summed E-state index contributed by atoms with van der Waals surface area (Å²) in [6, 6.07) is 0. The van der Waals surface area contributed by atoms with Gasteiger partial charge in [-0.15, -0.1) is 23.2 Å². The van der Waals surface area contributed by atoms with Gasteiger partial charge in [-0.25, -0.2) is 0 Å². The van der Waals surface area contributed by atoms with Crippen LogP contribution in [-0.4, -0.2) is 25.9 Å². The highest BCUT2D eigenvalue weighted by Gasteiger charge is 2.85. The summed E-state index contributed by atoms with van der Waals surface area (Å²) in [6.45, 7) is 0. The zero-order valence-corrected chi connectivity index (χ0v) is 13.3. The minimum atomic E-state index is -1.90. The van der Waals surface area contributed by atoms with E-state index in [1.54, 1.807) is 0 Å². The molecule has 2 fully saturated rings. The van der Waals surface area contributed by atoms with Crippen molar-refractivity contribution >= 4 is 81.4 Å². The van der Waals surface area contributed by atoms with Crippen LogP contribution in [0.15, 0.2) is 10.1 Å². The highest BCUT2D eigenvalue weighted by molar-refractivity contribution is 6.66. The van der Waals surface area contributed by atoms with Crippen LogP contribution in [0.1, 0.15) is 0 Å². The van der Waals surface area contributed by atoms with Crippen molar-refractivity contribution in [3.8, 4) is 0 Å². The third-order valence-corrected chi connectivity index (χ3v) is 8.07. The number of alkyl halides is 4. The fraction of sp³-hybridized carbons (Fsp3) is 0.556. The number of nitrogens with one attached hydrogen (secondary N) is 2. The van der Waals surface area contributed by atoms with Crippen molar-refractivity contribution in [2.45, 2.75) is 14.1 Å². The van der Waals surface area contributed by atoms with Crippen molar-refractivity contribution in [1.29, 1.82) is 0 Å². The molecule has 3 rings (SSSR count). The predicted molar refractivity (Wildman–Crippen MR) is 73.6 cm³/mol. The number of amides is 2. The van der Waals surface area contributed by atoms with Crippen LogP contribution in [-0.2, 0) is 9.59 Å². The molecule has 2 amide bonds. The van der Waals surface area contributed by atoms with Crippen molar-refractivity contribution in [2.24, 2.45) is 11.8 Å². The van der Waals surface area contributed by atoms with E-state index in [1.165, 1.54) is 0 Å². The Balaban J connectivity index is 2.35. The van der Waals surface area contributed by atoms with Gasteiger partial charge in [0.1, 0.15) is 9.75 Å². The van der Waals surface area contributed by atoms with Gasteiger partial charge in [0, 0.05) is 0 Å². The Labute approximate surface area is 137 Å². The van der Waals surface area contributed by atoms with Gasteiger partial charge >= 0.3 is 0 Å². The van der Waals surface area contributed by atoms with Crippen molar-refractivity contribution in [1.82, 2.24) is 10.9 Å². The Kier molecular flexibility index (Phi) is 2.86. The molecule has 4 atom stereocenters. The van der Waals surface area contributed by atoms with Gasteiger partial charge in [0.25, 0.3) is 0 Å². The second-order valence-corrected chi connectivity index (χ2v) is 7.84. The lowest BCUT2D eigenvalue weighted by Crippen LogP contribution is -2.62. The molecule has 4 nitrogen and oxygen atoms in total. The van der Waals surface area contributed by atoms with E-state index in [1.807, 2.05) is 0 Å². The molecular formula is C9H4Cl6N2O2. The molecule has 1 heterocycles. The lowest BCUT2D eigenvalue weighted by molar-refractivity contribution is -0.143. The largest absolute Gasteiger partial charge is 0.273 e. The second-order valence-electron chi connectivity index (χ2n) is 4.56. The molecule has 0 aromatic carbocycles. The first-order valence-corrected chi connectivity index (χ1v) is 7.30. The second kappa shape index (κ2) is 3.79. The number of hydrazine groups is 1. The minimum absolute atomic E-state index is 0.109. The van der Waals surface area contributed by atoms with Crippen LogP contribution in [0.5, 0.6) is 0 Å². The van der Waals surface area contributed by atoms with Crippen molar-refractivity contribution in [2.75, 3.05) is 0 Å². The molecule has 0 aromatic rings. The Hall–Kier alpha value is 0.420. The smallest absolute Gasteiger partial charge is 0.244 e. The maximum Gasteiger partial charge on any atom is 0.244 e. The van der Waals surface area contributed by atoms with Crippen LogP contribution < -0.4 is 10.9 Å². The molecule has 19 heavy (non-hydrogen) atoms. The van der Waals surface area contributed by atoms with Crippen LogP contribution in [0.4, 0.5) is 0 Å². The van der Waals surface area contributed by atoms with E-state index in [9.17, 15) is 9.59 Å². The van der Waals surface area contributed by atoms with Crippen LogP contribution in [0.25, 0.3) is 0 Å². The van der Waals surface area contributed by atoms with E-state index in [0.717, 1.165) is 0 Å². The Morgan fingerprint density at radius 2 is 1.11 bits per heavy atom. The zero-order valence-electron chi connectivity index (χ0n) is 8.74. The third-order valence-electron chi connectivity index (χ3n) is 3.81. The molecule has 3 aliphatic rings. The summed E-state index contributed by atoms with van der Waals surface area (Å²) in [5.74, 6) is -3.36. The van der Waals surface area contributed by atoms with Gasteiger partial charge in [-0.05, 0) is 0 Å². The molecular weight excluding hydrogens is 381 g/mol. The number of carbonyl (C=O) groups is 2. The summed E-state index contributed by atoms with van der Waals surface area (Å²) in [5, 5.41) is -0.219. The van der Waals surface area contributed by atoms with E-state index in [2.05, 4.69) is 10.9 Å². The summed E-state index contributed by atoms with van der Waals surface area (Å²) in [6.07, 6.45) is 0. The standard InChI is InChI=1S/C9H4Cl6N2O2/c10-3-4(11)8(13)2-1(5(18)16-17-6(2)19)7(3,12)9(8,14)15/h1-2H,(H,16,18)(H,17,19)/t1-,2-,7-,8-/m0/s1. The first kappa shape index (κ1) is 14.4. The number of hydrogen-bond acceptors (Lipinski definition) is 2. The minimum Gasteiger partial charge on any atom is -0.273 e. The van der Waals surface area contributed by atoms with E-state index < -0.39 is 37.7 Å². The van der Waals surface area contributed by atoms with Gasteiger partial charge in [-0.3, -0.25) is 20.4 Å². The summed E-state index contributed by atoms with van der Waals surface area (Å²) in [4.78, 5) is 20.5. The maximum atomic E-state index is 12.0. The Morgan fingerprint density at radius 3 is 1.42 bits per heavy atom. The molecule has 10 heteroatoms. The van der Waals surface area contributed by atoms with Crippen LogP contribution in [0, 0.1) is 11.8 Å². The SMILES string of the molecule is O=C1NNC(=O)[C@@H]2[C@@H]1[C@]1(Cl)C(Cl)=C(Cl)[C@]2(Cl)C1(Cl)Cl. The normalized spacial score (nSPS) is 47.1. The average molecular weight is 385 g/mol. The molecule has 1 saturated heterocycles. The topological polar surface area (TPSA) is 58.2 Å². The number of halogens is 6. The average Bonchev–Trinajstić information content (AvgIpc) is 2.55. The van der Waals surface area contributed by atoms with Crippen LogP contribution in [0.3, 0.4) is 0 Å². The molecule has 104 valence electrons. The van der Waals surface area contributed by atoms with Crippen molar-refractivity contribution in [3.05, 3.63) is 10.1 Å². The molecule has 2 bridgehead atoms. The molecule has 0 aromatic heterocycles. The van der Waals surface area contributed by atoms with Gasteiger partial charge in [0.2, 0.25) is 11.8 Å². The Morgan fingerprint density at radius 1 is 0.789 bits per heavy atom. The number of carbonyl (C=O) groups excluding carboxylic acids is 2. The summed E-state index contributed by atoms with van der Waals surface area (Å²) in [7, 11) is 0. The molecule has 0 unspecified atom stereocenters. The number of fused-ring (bicyclic) bond motifs is 5. The highest BCUT2D eigenvalue weighted by Crippen LogP contribution is 2.76. The molecule has 1 aliphatic heterocycles. The first-order valence-electron chi connectivity index (χ1n) is 5.03. The number of rotatable bonds is 0. The van der Waals surface area contributed by atoms with E-state index >= 15 is 0 Å². The summed E-state index contributed by atoms with van der Waals surface area (Å²) in [5.41, 5.74) is 4.36. The van der Waals surface area contributed by atoms with E-state index in [4.69, 9.17) is 69.6 Å². The van der Waals surface area contributed by atoms with Crippen molar-refractivity contribution < 1.29 is 9.59 Å². The molecule has 2 aliphatic carbocycles.